The van der Waals surface area contributed by atoms with Crippen LogP contribution in [0.4, 0.5) is 14.5 Å². The fourth-order valence-electron chi connectivity index (χ4n) is 2.32. The van der Waals surface area contributed by atoms with Crippen LogP contribution >= 0.6 is 0 Å². The van der Waals surface area contributed by atoms with E-state index in [9.17, 15) is 22.0 Å². The topological polar surface area (TPSA) is 63.2 Å². The van der Waals surface area contributed by atoms with E-state index in [4.69, 9.17) is 0 Å². The predicted molar refractivity (Wildman–Crippen MR) is 87.7 cm³/mol. The summed E-state index contributed by atoms with van der Waals surface area (Å²) in [5, 5.41) is 2.68. The molecule has 0 saturated carbocycles. The Morgan fingerprint density at radius 3 is 2.12 bits per heavy atom. The van der Waals surface area contributed by atoms with Crippen LogP contribution in [0.3, 0.4) is 0 Å². The van der Waals surface area contributed by atoms with Crippen LogP contribution < -0.4 is 5.32 Å². The summed E-state index contributed by atoms with van der Waals surface area (Å²) in [5.41, 5.74) is 1.22. The van der Waals surface area contributed by atoms with E-state index in [0.29, 0.717) is 12.1 Å². The summed E-state index contributed by atoms with van der Waals surface area (Å²) in [6.45, 7) is 1.88. The Morgan fingerprint density at radius 2 is 1.62 bits per heavy atom. The van der Waals surface area contributed by atoms with Crippen LogP contribution in [0.1, 0.15) is 24.8 Å². The lowest BCUT2D eigenvalue weighted by molar-refractivity contribution is -0.117. The molecule has 0 spiro atoms. The Bertz CT molecular complexity index is 790. The van der Waals surface area contributed by atoms with E-state index in [1.807, 2.05) is 37.3 Å². The second-order valence-corrected chi connectivity index (χ2v) is 7.11. The molecule has 128 valence electrons. The quantitative estimate of drug-likeness (QED) is 0.859. The minimum absolute atomic E-state index is 0.242. The van der Waals surface area contributed by atoms with Crippen molar-refractivity contribution in [3.8, 4) is 0 Å². The molecule has 2 aromatic rings. The van der Waals surface area contributed by atoms with Gasteiger partial charge in [0.05, 0.1) is 10.8 Å². The predicted octanol–water partition coefficient (Wildman–Crippen LogP) is 3.82. The van der Waals surface area contributed by atoms with E-state index in [1.165, 1.54) is 12.1 Å². The molecular weight excluding hydrogens is 336 g/mol. The van der Waals surface area contributed by atoms with Gasteiger partial charge in [-0.2, -0.15) is 8.78 Å². The van der Waals surface area contributed by atoms with Crippen molar-refractivity contribution >= 4 is 21.4 Å². The Morgan fingerprint density at radius 1 is 1.04 bits per heavy atom. The molecule has 2 aromatic carbocycles. The van der Waals surface area contributed by atoms with E-state index in [-0.39, 0.29) is 11.8 Å². The van der Waals surface area contributed by atoms with Crippen molar-refractivity contribution in [3.63, 3.8) is 0 Å². The van der Waals surface area contributed by atoms with E-state index in [1.54, 1.807) is 0 Å². The monoisotopic (exact) mass is 353 g/mol. The maximum atomic E-state index is 12.5. The third-order valence-electron chi connectivity index (χ3n) is 3.61. The average molecular weight is 353 g/mol. The van der Waals surface area contributed by atoms with Gasteiger partial charge >= 0.3 is 5.76 Å². The molecule has 4 nitrogen and oxygen atoms in total. The standard InChI is InChI=1S/C17H17F2NO3S/c1-2-15(12-6-4-3-5-7-12)16(21)20-13-8-10-14(11-9-13)24(22,23)17(18)19/h3-11,15,17H,2H2,1H3,(H,20,21). The number of halogens is 2. The first-order valence-corrected chi connectivity index (χ1v) is 8.88. The first kappa shape index (κ1) is 18.1. The molecule has 1 N–H and O–H groups in total. The summed E-state index contributed by atoms with van der Waals surface area (Å²) in [5.74, 6) is -4.07. The zero-order chi connectivity index (χ0) is 17.7. The number of sulfone groups is 1. The maximum Gasteiger partial charge on any atom is 0.341 e. The van der Waals surface area contributed by atoms with Gasteiger partial charge in [0.25, 0.3) is 0 Å². The van der Waals surface area contributed by atoms with Crippen molar-refractivity contribution in [2.24, 2.45) is 0 Å². The summed E-state index contributed by atoms with van der Waals surface area (Å²) in [4.78, 5) is 11.9. The molecule has 1 unspecified atom stereocenters. The van der Waals surface area contributed by atoms with Gasteiger partial charge in [-0.3, -0.25) is 4.79 Å². The smallest absolute Gasteiger partial charge is 0.326 e. The highest BCUT2D eigenvalue weighted by Crippen LogP contribution is 2.23. The molecule has 0 aliphatic rings. The van der Waals surface area contributed by atoms with Crippen LogP contribution in [0.15, 0.2) is 59.5 Å². The molecule has 1 amide bonds. The number of carbonyl (C=O) groups excluding carboxylic acids is 1. The van der Waals surface area contributed by atoms with Gasteiger partial charge in [-0.05, 0) is 36.2 Å². The van der Waals surface area contributed by atoms with Crippen molar-refractivity contribution in [2.75, 3.05) is 5.32 Å². The molecule has 0 radical (unpaired) electrons. The third kappa shape index (κ3) is 3.97. The van der Waals surface area contributed by atoms with Gasteiger partial charge in [0, 0.05) is 5.69 Å². The SMILES string of the molecule is CCC(C(=O)Nc1ccc(S(=O)(=O)C(F)F)cc1)c1ccccc1. The van der Waals surface area contributed by atoms with Crippen LogP contribution in [-0.4, -0.2) is 20.1 Å². The molecule has 0 saturated heterocycles. The largest absolute Gasteiger partial charge is 0.341 e. The highest BCUT2D eigenvalue weighted by atomic mass is 32.2. The lowest BCUT2D eigenvalue weighted by atomic mass is 9.95. The first-order chi connectivity index (χ1) is 11.4. The number of hydrogen-bond donors (Lipinski definition) is 1. The normalized spacial score (nSPS) is 12.8. The number of alkyl halides is 2. The lowest BCUT2D eigenvalue weighted by Gasteiger charge is -2.15. The Balaban J connectivity index is 2.15. The molecular formula is C17H17F2NO3S. The van der Waals surface area contributed by atoms with Gasteiger partial charge in [0.15, 0.2) is 0 Å². The van der Waals surface area contributed by atoms with Crippen LogP contribution in [-0.2, 0) is 14.6 Å². The van der Waals surface area contributed by atoms with Gasteiger partial charge < -0.3 is 5.32 Å². The summed E-state index contributed by atoms with van der Waals surface area (Å²) < 4.78 is 47.7. The molecule has 0 aliphatic carbocycles. The van der Waals surface area contributed by atoms with Gasteiger partial charge in [0.1, 0.15) is 0 Å². The molecule has 0 bridgehead atoms. The van der Waals surface area contributed by atoms with Crippen molar-refractivity contribution in [2.45, 2.75) is 29.9 Å². The van der Waals surface area contributed by atoms with Crippen LogP contribution in [0.2, 0.25) is 0 Å². The summed E-state index contributed by atoms with van der Waals surface area (Å²) in [7, 11) is -4.63. The highest BCUT2D eigenvalue weighted by Gasteiger charge is 2.26. The average Bonchev–Trinajstić information content (AvgIpc) is 2.57. The summed E-state index contributed by atoms with van der Waals surface area (Å²) in [6.07, 6.45) is 0.591. The van der Waals surface area contributed by atoms with Gasteiger partial charge in [-0.25, -0.2) is 8.42 Å². The van der Waals surface area contributed by atoms with Gasteiger partial charge in [-0.1, -0.05) is 37.3 Å². The molecule has 0 fully saturated rings. The fraction of sp³-hybridized carbons (Fsp3) is 0.235. The van der Waals surface area contributed by atoms with Crippen molar-refractivity contribution in [1.29, 1.82) is 0 Å². The first-order valence-electron chi connectivity index (χ1n) is 7.34. The van der Waals surface area contributed by atoms with Crippen molar-refractivity contribution < 1.29 is 22.0 Å². The maximum absolute atomic E-state index is 12.5. The summed E-state index contributed by atoms with van der Waals surface area (Å²) >= 11 is 0. The van der Waals surface area contributed by atoms with Gasteiger partial charge in [0.2, 0.25) is 15.7 Å². The van der Waals surface area contributed by atoms with E-state index in [0.717, 1.165) is 17.7 Å². The molecule has 0 heterocycles. The zero-order valence-electron chi connectivity index (χ0n) is 12.9. The molecule has 0 aromatic heterocycles. The molecule has 24 heavy (non-hydrogen) atoms. The van der Waals surface area contributed by atoms with Crippen LogP contribution in [0.25, 0.3) is 0 Å². The number of carbonyl (C=O) groups is 1. The van der Waals surface area contributed by atoms with E-state index < -0.39 is 20.5 Å². The molecule has 2 rings (SSSR count). The number of anilines is 1. The van der Waals surface area contributed by atoms with Crippen molar-refractivity contribution in [3.05, 3.63) is 60.2 Å². The summed E-state index contributed by atoms with van der Waals surface area (Å²) in [6, 6.07) is 14.0. The molecule has 1 atom stereocenters. The Hall–Kier alpha value is -2.28. The number of nitrogens with one attached hydrogen (secondary N) is 1. The minimum Gasteiger partial charge on any atom is -0.326 e. The molecule has 7 heteroatoms. The zero-order valence-corrected chi connectivity index (χ0v) is 13.8. The van der Waals surface area contributed by atoms with E-state index in [2.05, 4.69) is 5.32 Å². The second-order valence-electron chi connectivity index (χ2n) is 5.19. The number of benzene rings is 2. The highest BCUT2D eigenvalue weighted by molar-refractivity contribution is 7.91. The second kappa shape index (κ2) is 7.53. The third-order valence-corrected chi connectivity index (χ3v) is 5.01. The van der Waals surface area contributed by atoms with E-state index >= 15 is 0 Å². The van der Waals surface area contributed by atoms with Gasteiger partial charge in [-0.15, -0.1) is 0 Å². The Labute approximate surface area is 139 Å². The Kier molecular flexibility index (Phi) is 5.66. The van der Waals surface area contributed by atoms with Crippen molar-refractivity contribution in [1.82, 2.24) is 0 Å². The number of hydrogen-bond acceptors (Lipinski definition) is 3. The molecule has 0 aliphatic heterocycles. The minimum atomic E-state index is -4.63. The van der Waals surface area contributed by atoms with Crippen LogP contribution in [0.5, 0.6) is 0 Å². The number of amides is 1. The van der Waals surface area contributed by atoms with Crippen LogP contribution in [0, 0.1) is 0 Å². The number of rotatable bonds is 6. The lowest BCUT2D eigenvalue weighted by Crippen LogP contribution is -2.20. The fourth-order valence-corrected chi connectivity index (χ4v) is 3.04.